The molecule has 1 N–H and O–H groups in total. The van der Waals surface area contributed by atoms with Crippen molar-refractivity contribution < 1.29 is 0 Å². The largest absolute Gasteiger partial charge is 0.309 e. The minimum atomic E-state index is 0.390. The van der Waals surface area contributed by atoms with Gasteiger partial charge in [0, 0.05) is 30.7 Å². The van der Waals surface area contributed by atoms with Gasteiger partial charge in [0.25, 0.3) is 0 Å². The summed E-state index contributed by atoms with van der Waals surface area (Å²) in [7, 11) is 0. The molecule has 0 aromatic rings. The summed E-state index contributed by atoms with van der Waals surface area (Å²) >= 11 is 0. The summed E-state index contributed by atoms with van der Waals surface area (Å²) in [5.41, 5.74) is 0.850. The van der Waals surface area contributed by atoms with Crippen molar-refractivity contribution in [3.05, 3.63) is 0 Å². The average Bonchev–Trinajstić information content (AvgIpc) is 2.30. The van der Waals surface area contributed by atoms with E-state index in [1.54, 1.807) is 0 Å². The second kappa shape index (κ2) is 5.27. The number of rotatable bonds is 3. The van der Waals surface area contributed by atoms with E-state index in [1.165, 1.54) is 64.6 Å². The lowest BCUT2D eigenvalue weighted by molar-refractivity contribution is 0.0250. The van der Waals surface area contributed by atoms with E-state index in [4.69, 9.17) is 0 Å². The van der Waals surface area contributed by atoms with E-state index in [0.717, 1.165) is 0 Å². The van der Waals surface area contributed by atoms with Crippen LogP contribution in [0.4, 0.5) is 0 Å². The van der Waals surface area contributed by atoms with Crippen molar-refractivity contribution in [1.29, 1.82) is 0 Å². The van der Waals surface area contributed by atoms with Crippen LogP contribution >= 0.6 is 0 Å². The first-order chi connectivity index (χ1) is 8.08. The van der Waals surface area contributed by atoms with Gasteiger partial charge in [-0.25, -0.2) is 0 Å². The van der Waals surface area contributed by atoms with Gasteiger partial charge < -0.3 is 5.32 Å². The lowest BCUT2D eigenvalue weighted by Crippen LogP contribution is -2.65. The Balaban J connectivity index is 2.00. The van der Waals surface area contributed by atoms with Crippen LogP contribution in [0.25, 0.3) is 0 Å². The van der Waals surface area contributed by atoms with Crippen LogP contribution in [0.5, 0.6) is 0 Å². The molecule has 2 aliphatic rings. The van der Waals surface area contributed by atoms with Crippen LogP contribution in [0.1, 0.15) is 65.7 Å². The highest BCUT2D eigenvalue weighted by Crippen LogP contribution is 2.33. The normalized spacial score (nSPS) is 26.3. The standard InChI is InChI=1S/C15H30N2/c1-4-8-14(2,3)17-12-11-16-15(13-17)9-6-5-7-10-15/h16H,4-13H2,1-3H3. The first kappa shape index (κ1) is 13.4. The SMILES string of the molecule is CCCC(C)(C)N1CCNC2(CCCCC2)C1. The van der Waals surface area contributed by atoms with Crippen LogP contribution < -0.4 is 5.32 Å². The summed E-state index contributed by atoms with van der Waals surface area (Å²) in [5, 5.41) is 3.84. The van der Waals surface area contributed by atoms with E-state index in [1.807, 2.05) is 0 Å². The van der Waals surface area contributed by atoms with Gasteiger partial charge in [0.1, 0.15) is 0 Å². The fourth-order valence-electron chi connectivity index (χ4n) is 3.81. The van der Waals surface area contributed by atoms with Crippen molar-refractivity contribution in [2.24, 2.45) is 0 Å². The zero-order chi connectivity index (χ0) is 12.4. The Kier molecular flexibility index (Phi) is 4.14. The summed E-state index contributed by atoms with van der Waals surface area (Å²) < 4.78 is 0. The molecule has 0 aromatic heterocycles. The van der Waals surface area contributed by atoms with E-state index in [0.29, 0.717) is 11.1 Å². The molecule has 2 nitrogen and oxygen atoms in total. The molecule has 0 amide bonds. The Morgan fingerprint density at radius 1 is 1.18 bits per heavy atom. The van der Waals surface area contributed by atoms with E-state index < -0.39 is 0 Å². The Morgan fingerprint density at radius 2 is 1.88 bits per heavy atom. The third-order valence-corrected chi connectivity index (χ3v) is 4.90. The Morgan fingerprint density at radius 3 is 2.53 bits per heavy atom. The van der Waals surface area contributed by atoms with E-state index >= 15 is 0 Å². The molecule has 100 valence electrons. The first-order valence-corrected chi connectivity index (χ1v) is 7.58. The van der Waals surface area contributed by atoms with Crippen LogP contribution in [0.2, 0.25) is 0 Å². The highest BCUT2D eigenvalue weighted by atomic mass is 15.3. The Labute approximate surface area is 107 Å². The zero-order valence-corrected chi connectivity index (χ0v) is 12.0. The zero-order valence-electron chi connectivity index (χ0n) is 12.0. The number of nitrogens with zero attached hydrogens (tertiary/aromatic N) is 1. The van der Waals surface area contributed by atoms with Crippen LogP contribution in [-0.2, 0) is 0 Å². The molecule has 0 radical (unpaired) electrons. The average molecular weight is 238 g/mol. The quantitative estimate of drug-likeness (QED) is 0.812. The Bertz CT molecular complexity index is 236. The molecule has 1 aliphatic heterocycles. The highest BCUT2D eigenvalue weighted by molar-refractivity contribution is 4.99. The van der Waals surface area contributed by atoms with Gasteiger partial charge in [0.2, 0.25) is 0 Å². The molecule has 0 atom stereocenters. The van der Waals surface area contributed by atoms with Gasteiger partial charge in [0.15, 0.2) is 0 Å². The van der Waals surface area contributed by atoms with Gasteiger partial charge in [-0.3, -0.25) is 4.90 Å². The van der Waals surface area contributed by atoms with Crippen molar-refractivity contribution in [2.75, 3.05) is 19.6 Å². The molecule has 0 unspecified atom stereocenters. The summed E-state index contributed by atoms with van der Waals surface area (Å²) in [4.78, 5) is 2.75. The van der Waals surface area contributed by atoms with Crippen LogP contribution in [0.15, 0.2) is 0 Å². The predicted octanol–water partition coefficient (Wildman–Crippen LogP) is 3.17. The fourth-order valence-corrected chi connectivity index (χ4v) is 3.81. The third-order valence-electron chi connectivity index (χ3n) is 4.90. The third kappa shape index (κ3) is 3.03. The van der Waals surface area contributed by atoms with Crippen molar-refractivity contribution >= 4 is 0 Å². The van der Waals surface area contributed by atoms with E-state index in [9.17, 15) is 0 Å². The number of hydrogen-bond acceptors (Lipinski definition) is 2. The van der Waals surface area contributed by atoms with Gasteiger partial charge in [0.05, 0.1) is 0 Å². The second-order valence-electron chi connectivity index (χ2n) is 6.75. The number of hydrogen-bond donors (Lipinski definition) is 1. The molecule has 1 saturated heterocycles. The summed E-state index contributed by atoms with van der Waals surface area (Å²) in [6, 6.07) is 0. The lowest BCUT2D eigenvalue weighted by Gasteiger charge is -2.51. The van der Waals surface area contributed by atoms with Gasteiger partial charge in [-0.05, 0) is 33.1 Å². The molecule has 2 fully saturated rings. The van der Waals surface area contributed by atoms with Crippen LogP contribution in [0, 0.1) is 0 Å². The number of nitrogens with one attached hydrogen (secondary N) is 1. The summed E-state index contributed by atoms with van der Waals surface area (Å²) in [6.07, 6.45) is 9.70. The molecule has 1 heterocycles. The molecule has 1 aliphatic carbocycles. The topological polar surface area (TPSA) is 15.3 Å². The van der Waals surface area contributed by atoms with Crippen molar-refractivity contribution in [2.45, 2.75) is 76.8 Å². The minimum Gasteiger partial charge on any atom is -0.309 e. The van der Waals surface area contributed by atoms with Gasteiger partial charge in [-0.15, -0.1) is 0 Å². The van der Waals surface area contributed by atoms with Gasteiger partial charge >= 0.3 is 0 Å². The summed E-state index contributed by atoms with van der Waals surface area (Å²) in [6.45, 7) is 10.9. The summed E-state index contributed by atoms with van der Waals surface area (Å²) in [5.74, 6) is 0. The molecule has 1 saturated carbocycles. The van der Waals surface area contributed by atoms with Gasteiger partial charge in [-0.1, -0.05) is 32.6 Å². The molecule has 1 spiro atoms. The van der Waals surface area contributed by atoms with Crippen LogP contribution in [0.3, 0.4) is 0 Å². The van der Waals surface area contributed by atoms with Crippen LogP contribution in [-0.4, -0.2) is 35.6 Å². The van der Waals surface area contributed by atoms with Crippen molar-refractivity contribution in [1.82, 2.24) is 10.2 Å². The maximum atomic E-state index is 3.84. The predicted molar refractivity (Wildman–Crippen MR) is 74.4 cm³/mol. The molecule has 0 bridgehead atoms. The fraction of sp³-hybridized carbons (Fsp3) is 1.00. The number of piperazine rings is 1. The van der Waals surface area contributed by atoms with E-state index in [2.05, 4.69) is 31.0 Å². The molecule has 2 rings (SSSR count). The van der Waals surface area contributed by atoms with Crippen molar-refractivity contribution in [3.63, 3.8) is 0 Å². The molecule has 0 aromatic carbocycles. The molecular weight excluding hydrogens is 208 g/mol. The Hall–Kier alpha value is -0.0800. The lowest BCUT2D eigenvalue weighted by atomic mass is 9.79. The first-order valence-electron chi connectivity index (χ1n) is 7.58. The second-order valence-corrected chi connectivity index (χ2v) is 6.75. The highest BCUT2D eigenvalue weighted by Gasteiger charge is 2.39. The minimum absolute atomic E-state index is 0.390. The smallest absolute Gasteiger partial charge is 0.0309 e. The monoisotopic (exact) mass is 238 g/mol. The van der Waals surface area contributed by atoms with Crippen molar-refractivity contribution in [3.8, 4) is 0 Å². The van der Waals surface area contributed by atoms with E-state index in [-0.39, 0.29) is 0 Å². The maximum absolute atomic E-state index is 3.84. The molecule has 2 heteroatoms. The molecule has 17 heavy (non-hydrogen) atoms. The van der Waals surface area contributed by atoms with Gasteiger partial charge in [-0.2, -0.15) is 0 Å². The molecular formula is C15H30N2. The maximum Gasteiger partial charge on any atom is 0.0309 e.